The fourth-order valence-corrected chi connectivity index (χ4v) is 3.29. The first-order valence-electron chi connectivity index (χ1n) is 6.06. The van der Waals surface area contributed by atoms with Crippen LogP contribution in [0.1, 0.15) is 29.8 Å². The van der Waals surface area contributed by atoms with Gasteiger partial charge in [-0.1, -0.05) is 0 Å². The van der Waals surface area contributed by atoms with Crippen molar-refractivity contribution in [3.8, 4) is 0 Å². The summed E-state index contributed by atoms with van der Waals surface area (Å²) in [6, 6.07) is 2.23. The van der Waals surface area contributed by atoms with Crippen molar-refractivity contribution in [2.75, 3.05) is 20.1 Å². The highest BCUT2D eigenvalue weighted by molar-refractivity contribution is 7.10. The van der Waals surface area contributed by atoms with Crippen LogP contribution in [0.4, 0.5) is 4.79 Å². The van der Waals surface area contributed by atoms with E-state index in [0.29, 0.717) is 19.5 Å². The van der Waals surface area contributed by atoms with Crippen molar-refractivity contribution in [2.24, 2.45) is 0 Å². The second kappa shape index (κ2) is 5.10. The number of Topliss-reactive ketones (excluding diaryl/α,β-unsaturated/α-hetero) is 1. The van der Waals surface area contributed by atoms with Gasteiger partial charge < -0.3 is 9.80 Å². The van der Waals surface area contributed by atoms with Crippen LogP contribution in [0.5, 0.6) is 0 Å². The largest absolute Gasteiger partial charge is 0.322 e. The first-order valence-corrected chi connectivity index (χ1v) is 6.94. The first kappa shape index (κ1) is 13.1. The molecule has 1 aromatic heterocycles. The number of amides is 2. The molecule has 98 valence electrons. The highest BCUT2D eigenvalue weighted by Crippen LogP contribution is 2.33. The molecule has 0 N–H and O–H groups in total. The summed E-state index contributed by atoms with van der Waals surface area (Å²) in [7, 11) is 1.83. The van der Waals surface area contributed by atoms with Crippen LogP contribution in [-0.4, -0.2) is 41.8 Å². The summed E-state index contributed by atoms with van der Waals surface area (Å²) in [5.41, 5.74) is 1.23. The van der Waals surface area contributed by atoms with Crippen LogP contribution in [0.2, 0.25) is 0 Å². The van der Waals surface area contributed by atoms with Gasteiger partial charge in [-0.2, -0.15) is 0 Å². The number of carbonyl (C=O) groups is 2. The molecular formula is C13H18N2O2S. The van der Waals surface area contributed by atoms with Crippen molar-refractivity contribution >= 4 is 23.2 Å². The molecule has 1 aromatic rings. The minimum atomic E-state index is 0.0223. The van der Waals surface area contributed by atoms with Gasteiger partial charge in [0.1, 0.15) is 5.78 Å². The summed E-state index contributed by atoms with van der Waals surface area (Å²) in [6.07, 6.45) is 0.440. The van der Waals surface area contributed by atoms with E-state index in [-0.39, 0.29) is 17.9 Å². The van der Waals surface area contributed by atoms with Crippen LogP contribution < -0.4 is 0 Å². The van der Waals surface area contributed by atoms with Crippen LogP contribution in [0.3, 0.4) is 0 Å². The molecule has 0 aliphatic carbocycles. The highest BCUT2D eigenvalue weighted by Gasteiger charge is 2.36. The molecule has 2 heterocycles. The Bertz CT molecular complexity index is 469. The topological polar surface area (TPSA) is 40.6 Å². The molecule has 0 spiro atoms. The molecule has 1 atom stereocenters. The van der Waals surface area contributed by atoms with Gasteiger partial charge in [-0.3, -0.25) is 4.79 Å². The van der Waals surface area contributed by atoms with E-state index >= 15 is 0 Å². The van der Waals surface area contributed by atoms with Crippen LogP contribution in [-0.2, 0) is 4.79 Å². The third kappa shape index (κ3) is 2.41. The van der Waals surface area contributed by atoms with E-state index in [0.717, 1.165) is 0 Å². The lowest BCUT2D eigenvalue weighted by Crippen LogP contribution is -2.31. The van der Waals surface area contributed by atoms with Gasteiger partial charge in [-0.05, 0) is 30.9 Å². The van der Waals surface area contributed by atoms with Crippen molar-refractivity contribution in [1.82, 2.24) is 9.80 Å². The quantitative estimate of drug-likeness (QED) is 0.840. The molecule has 0 radical (unpaired) electrons. The van der Waals surface area contributed by atoms with Crippen molar-refractivity contribution < 1.29 is 9.59 Å². The lowest BCUT2D eigenvalue weighted by molar-refractivity contribution is -0.117. The standard InChI is InChI=1S/C13H18N2O2S/c1-9-5-7-18-12(9)11-8-15(6-4-10(2)16)13(17)14(11)3/h5,7,11H,4,6,8H2,1-3H3. The Morgan fingerprint density at radius 2 is 2.28 bits per heavy atom. The summed E-state index contributed by atoms with van der Waals surface area (Å²) < 4.78 is 0. The van der Waals surface area contributed by atoms with Crippen molar-refractivity contribution in [3.05, 3.63) is 21.9 Å². The van der Waals surface area contributed by atoms with E-state index in [1.807, 2.05) is 7.05 Å². The number of hydrogen-bond acceptors (Lipinski definition) is 3. The maximum absolute atomic E-state index is 12.1. The Labute approximate surface area is 111 Å². The van der Waals surface area contributed by atoms with Gasteiger partial charge in [0, 0.05) is 31.4 Å². The van der Waals surface area contributed by atoms with Gasteiger partial charge in [0.2, 0.25) is 0 Å². The van der Waals surface area contributed by atoms with Crippen LogP contribution in [0.25, 0.3) is 0 Å². The summed E-state index contributed by atoms with van der Waals surface area (Å²) in [5.74, 6) is 0.126. The Hall–Kier alpha value is -1.36. The van der Waals surface area contributed by atoms with Crippen LogP contribution in [0.15, 0.2) is 11.4 Å². The zero-order valence-electron chi connectivity index (χ0n) is 11.0. The molecule has 18 heavy (non-hydrogen) atoms. The number of thiophene rings is 1. The summed E-state index contributed by atoms with van der Waals surface area (Å²) in [6.45, 7) is 4.84. The molecule has 2 amide bonds. The van der Waals surface area contributed by atoms with Crippen molar-refractivity contribution in [1.29, 1.82) is 0 Å². The fourth-order valence-electron chi connectivity index (χ4n) is 2.23. The van der Waals surface area contributed by atoms with Crippen LogP contribution >= 0.6 is 11.3 Å². The van der Waals surface area contributed by atoms with Gasteiger partial charge in [0.05, 0.1) is 6.04 Å². The monoisotopic (exact) mass is 266 g/mol. The molecule has 4 nitrogen and oxygen atoms in total. The predicted octanol–water partition coefficient (Wildman–Crippen LogP) is 2.44. The average molecular weight is 266 g/mol. The lowest BCUT2D eigenvalue weighted by atomic mass is 10.1. The van der Waals surface area contributed by atoms with Gasteiger partial charge in [0.15, 0.2) is 0 Å². The van der Waals surface area contributed by atoms with Gasteiger partial charge in [-0.15, -0.1) is 11.3 Å². The van der Waals surface area contributed by atoms with E-state index in [2.05, 4.69) is 18.4 Å². The van der Waals surface area contributed by atoms with E-state index in [1.165, 1.54) is 10.4 Å². The van der Waals surface area contributed by atoms with Crippen molar-refractivity contribution in [3.63, 3.8) is 0 Å². The van der Waals surface area contributed by atoms with Gasteiger partial charge in [0.25, 0.3) is 0 Å². The molecule has 5 heteroatoms. The SMILES string of the molecule is CC(=O)CCN1CC(c2sccc2C)N(C)C1=O. The number of hydrogen-bond donors (Lipinski definition) is 0. The molecule has 0 aromatic carbocycles. The lowest BCUT2D eigenvalue weighted by Gasteiger charge is -2.17. The second-order valence-corrected chi connectivity index (χ2v) is 5.72. The number of carbonyl (C=O) groups excluding carboxylic acids is 2. The molecule has 2 rings (SSSR count). The third-order valence-corrected chi connectivity index (χ3v) is 4.49. The predicted molar refractivity (Wildman–Crippen MR) is 71.8 cm³/mol. The molecule has 0 bridgehead atoms. The number of likely N-dealkylation sites (N-methyl/N-ethyl adjacent to an activating group) is 1. The van der Waals surface area contributed by atoms with Crippen LogP contribution in [0, 0.1) is 6.92 Å². The maximum atomic E-state index is 12.1. The number of ketones is 1. The summed E-state index contributed by atoms with van der Waals surface area (Å²) in [5, 5.41) is 2.06. The molecular weight excluding hydrogens is 248 g/mol. The second-order valence-electron chi connectivity index (χ2n) is 4.78. The van der Waals surface area contributed by atoms with E-state index in [9.17, 15) is 9.59 Å². The number of nitrogens with zero attached hydrogens (tertiary/aromatic N) is 2. The number of aryl methyl sites for hydroxylation is 1. The third-order valence-electron chi connectivity index (χ3n) is 3.37. The van der Waals surface area contributed by atoms with Gasteiger partial charge >= 0.3 is 6.03 Å². The Kier molecular flexibility index (Phi) is 3.71. The van der Waals surface area contributed by atoms with Gasteiger partial charge in [-0.25, -0.2) is 4.79 Å². The summed E-state index contributed by atoms with van der Waals surface area (Å²) >= 11 is 1.69. The average Bonchev–Trinajstić information content (AvgIpc) is 2.84. The number of rotatable bonds is 4. The van der Waals surface area contributed by atoms with E-state index in [4.69, 9.17) is 0 Å². The molecule has 1 aliphatic heterocycles. The minimum Gasteiger partial charge on any atom is -0.322 e. The molecule has 1 aliphatic rings. The molecule has 1 unspecified atom stereocenters. The van der Waals surface area contributed by atoms with E-state index in [1.54, 1.807) is 28.1 Å². The zero-order chi connectivity index (χ0) is 13.3. The Morgan fingerprint density at radius 3 is 2.83 bits per heavy atom. The fraction of sp³-hybridized carbons (Fsp3) is 0.538. The van der Waals surface area contributed by atoms with Crippen molar-refractivity contribution in [2.45, 2.75) is 26.3 Å². The first-order chi connectivity index (χ1) is 8.50. The smallest absolute Gasteiger partial charge is 0.320 e. The summed E-state index contributed by atoms with van der Waals surface area (Å²) in [4.78, 5) is 27.9. The number of urea groups is 1. The minimum absolute atomic E-state index is 0.0223. The van der Waals surface area contributed by atoms with E-state index < -0.39 is 0 Å². The zero-order valence-corrected chi connectivity index (χ0v) is 11.8. The Balaban J connectivity index is 2.10. The maximum Gasteiger partial charge on any atom is 0.320 e. The molecule has 1 saturated heterocycles. The molecule has 0 saturated carbocycles. The highest BCUT2D eigenvalue weighted by atomic mass is 32.1. The normalized spacial score (nSPS) is 19.7. The molecule has 1 fully saturated rings. The Morgan fingerprint density at radius 1 is 1.56 bits per heavy atom.